The average molecular weight is 555 g/mol. The van der Waals surface area contributed by atoms with Crippen LogP contribution in [0.3, 0.4) is 0 Å². The number of Topliss-reactive ketones (excluding diaryl/α,β-unsaturated/α-hetero) is 1. The number of likely N-dealkylation sites (tertiary alicyclic amines) is 1. The molecule has 6 nitrogen and oxygen atoms in total. The van der Waals surface area contributed by atoms with E-state index >= 15 is 0 Å². The van der Waals surface area contributed by atoms with E-state index in [9.17, 15) is 14.7 Å². The lowest BCUT2D eigenvalue weighted by Crippen LogP contribution is -2.38. The van der Waals surface area contributed by atoms with E-state index < -0.39 is 17.7 Å². The van der Waals surface area contributed by atoms with Gasteiger partial charge in [-0.2, -0.15) is 0 Å². The van der Waals surface area contributed by atoms with Crippen molar-refractivity contribution in [1.82, 2.24) is 9.80 Å². The fraction of sp³-hybridized carbons (Fsp3) is 0.371. The molecule has 1 fully saturated rings. The average Bonchev–Trinajstić information content (AvgIpc) is 3.21. The predicted molar refractivity (Wildman–Crippen MR) is 164 cm³/mol. The number of rotatable bonds is 10. The molecule has 41 heavy (non-hydrogen) atoms. The Morgan fingerprint density at radius 1 is 0.951 bits per heavy atom. The SMILES string of the molecule is CCN(CC)CCN1C(=O)C(=O)C(=C(O)c2ccc(OCc3ccccc3)cc2C)[C@@H]1c1ccc(C(C)(C)C)cc1. The maximum Gasteiger partial charge on any atom is 0.295 e. The fourth-order valence-corrected chi connectivity index (χ4v) is 5.29. The number of aryl methyl sites for hydroxylation is 1. The number of aliphatic hydroxyl groups excluding tert-OH is 1. The van der Waals surface area contributed by atoms with Gasteiger partial charge in [0.25, 0.3) is 11.7 Å². The van der Waals surface area contributed by atoms with Crippen LogP contribution in [0.1, 0.15) is 68.5 Å². The van der Waals surface area contributed by atoms with Crippen molar-refractivity contribution in [3.8, 4) is 5.75 Å². The van der Waals surface area contributed by atoms with E-state index in [-0.39, 0.29) is 16.7 Å². The Hall–Kier alpha value is -3.90. The molecule has 0 bridgehead atoms. The summed E-state index contributed by atoms with van der Waals surface area (Å²) in [6.45, 7) is 15.6. The summed E-state index contributed by atoms with van der Waals surface area (Å²) in [5, 5.41) is 11.6. The summed E-state index contributed by atoms with van der Waals surface area (Å²) in [4.78, 5) is 30.8. The summed E-state index contributed by atoms with van der Waals surface area (Å²) < 4.78 is 5.96. The molecule has 1 amide bonds. The summed E-state index contributed by atoms with van der Waals surface area (Å²) in [6, 6.07) is 22.7. The Bertz CT molecular complexity index is 1400. The van der Waals surface area contributed by atoms with E-state index in [1.807, 2.05) is 67.6 Å². The number of ether oxygens (including phenoxy) is 1. The lowest BCUT2D eigenvalue weighted by atomic mass is 9.85. The molecule has 1 heterocycles. The van der Waals surface area contributed by atoms with Crippen LogP contribution >= 0.6 is 0 Å². The standard InChI is InChI=1S/C35H42N2O4/c1-7-36(8-2)20-21-37-31(26-14-16-27(17-15-26)35(4,5)6)30(33(39)34(37)40)32(38)29-19-18-28(22-24(29)3)41-23-25-12-10-9-11-13-25/h9-19,22,31,38H,7-8,20-21,23H2,1-6H3/t31-/m0/s1. The molecule has 3 aromatic rings. The van der Waals surface area contributed by atoms with Crippen molar-refractivity contribution in [2.45, 2.75) is 59.6 Å². The van der Waals surface area contributed by atoms with Crippen LogP contribution in [0.25, 0.3) is 5.76 Å². The van der Waals surface area contributed by atoms with E-state index in [0.29, 0.717) is 31.0 Å². The Morgan fingerprint density at radius 3 is 2.20 bits per heavy atom. The molecule has 0 radical (unpaired) electrons. The van der Waals surface area contributed by atoms with E-state index in [2.05, 4.69) is 39.5 Å². The molecular formula is C35H42N2O4. The molecule has 1 saturated heterocycles. The number of likely N-dealkylation sites (N-methyl/N-ethyl adjacent to an activating group) is 1. The Balaban J connectivity index is 1.72. The van der Waals surface area contributed by atoms with Crippen molar-refractivity contribution in [2.24, 2.45) is 0 Å². The highest BCUT2D eigenvalue weighted by Crippen LogP contribution is 2.40. The number of aliphatic hydroxyl groups is 1. The number of benzene rings is 3. The van der Waals surface area contributed by atoms with Crippen LogP contribution in [-0.2, 0) is 21.6 Å². The normalized spacial score (nSPS) is 17.0. The highest BCUT2D eigenvalue weighted by Gasteiger charge is 2.46. The Kier molecular flexibility index (Phi) is 9.34. The maximum atomic E-state index is 13.5. The lowest BCUT2D eigenvalue weighted by Gasteiger charge is -2.29. The molecule has 1 atom stereocenters. The Labute approximate surface area is 244 Å². The first kappa shape index (κ1) is 30.1. The van der Waals surface area contributed by atoms with Gasteiger partial charge in [-0.1, -0.05) is 89.2 Å². The Morgan fingerprint density at radius 2 is 1.61 bits per heavy atom. The molecule has 0 aromatic heterocycles. The second-order valence-corrected chi connectivity index (χ2v) is 11.6. The largest absolute Gasteiger partial charge is 0.507 e. The van der Waals surface area contributed by atoms with Gasteiger partial charge < -0.3 is 19.6 Å². The van der Waals surface area contributed by atoms with Gasteiger partial charge in [0.15, 0.2) is 0 Å². The van der Waals surface area contributed by atoms with Crippen LogP contribution in [0.15, 0.2) is 78.4 Å². The molecule has 216 valence electrons. The first-order valence-corrected chi connectivity index (χ1v) is 14.4. The molecule has 0 aliphatic carbocycles. The highest BCUT2D eigenvalue weighted by molar-refractivity contribution is 6.46. The monoisotopic (exact) mass is 554 g/mol. The topological polar surface area (TPSA) is 70.1 Å². The van der Waals surface area contributed by atoms with Crippen molar-refractivity contribution < 1.29 is 19.4 Å². The van der Waals surface area contributed by atoms with Gasteiger partial charge in [0.1, 0.15) is 18.1 Å². The number of amides is 1. The van der Waals surface area contributed by atoms with Crippen LogP contribution in [-0.4, -0.2) is 52.8 Å². The van der Waals surface area contributed by atoms with Gasteiger partial charge in [-0.25, -0.2) is 0 Å². The first-order chi connectivity index (χ1) is 19.5. The van der Waals surface area contributed by atoms with Gasteiger partial charge >= 0.3 is 0 Å². The first-order valence-electron chi connectivity index (χ1n) is 14.4. The minimum absolute atomic E-state index is 0.0372. The number of carbonyl (C=O) groups excluding carboxylic acids is 2. The maximum absolute atomic E-state index is 13.5. The molecule has 4 rings (SSSR count). The van der Waals surface area contributed by atoms with Gasteiger partial charge in [-0.3, -0.25) is 9.59 Å². The quantitative estimate of drug-likeness (QED) is 0.173. The number of carbonyl (C=O) groups is 2. The minimum atomic E-state index is -0.673. The van der Waals surface area contributed by atoms with Crippen LogP contribution in [0.4, 0.5) is 0 Å². The zero-order chi connectivity index (χ0) is 29.7. The third kappa shape index (κ3) is 6.71. The van der Waals surface area contributed by atoms with Gasteiger partial charge in [0, 0.05) is 18.7 Å². The van der Waals surface area contributed by atoms with Crippen molar-refractivity contribution in [3.63, 3.8) is 0 Å². The molecule has 1 aliphatic rings. The molecular weight excluding hydrogens is 512 g/mol. The van der Waals surface area contributed by atoms with E-state index in [1.165, 1.54) is 0 Å². The molecule has 0 saturated carbocycles. The van der Waals surface area contributed by atoms with E-state index in [1.54, 1.807) is 17.0 Å². The van der Waals surface area contributed by atoms with Crippen LogP contribution in [0.2, 0.25) is 0 Å². The summed E-state index contributed by atoms with van der Waals surface area (Å²) in [7, 11) is 0. The lowest BCUT2D eigenvalue weighted by molar-refractivity contribution is -0.140. The van der Waals surface area contributed by atoms with E-state index in [0.717, 1.165) is 35.3 Å². The number of nitrogens with zero attached hydrogens (tertiary/aromatic N) is 2. The summed E-state index contributed by atoms with van der Waals surface area (Å²) in [5.74, 6) is -0.734. The van der Waals surface area contributed by atoms with Crippen molar-refractivity contribution in [3.05, 3.63) is 106 Å². The van der Waals surface area contributed by atoms with Gasteiger partial charge in [-0.05, 0) is 65.9 Å². The molecule has 1 aliphatic heterocycles. The van der Waals surface area contributed by atoms with E-state index in [4.69, 9.17) is 4.74 Å². The van der Waals surface area contributed by atoms with Crippen molar-refractivity contribution in [1.29, 1.82) is 0 Å². The predicted octanol–water partition coefficient (Wildman–Crippen LogP) is 6.64. The van der Waals surface area contributed by atoms with Gasteiger partial charge in [0.05, 0.1) is 11.6 Å². The molecule has 0 unspecified atom stereocenters. The number of hydrogen-bond acceptors (Lipinski definition) is 5. The van der Waals surface area contributed by atoms with Crippen LogP contribution in [0.5, 0.6) is 5.75 Å². The summed E-state index contributed by atoms with van der Waals surface area (Å²) in [6.07, 6.45) is 0. The van der Waals surface area contributed by atoms with Crippen LogP contribution in [0, 0.1) is 6.92 Å². The van der Waals surface area contributed by atoms with Crippen molar-refractivity contribution in [2.75, 3.05) is 26.2 Å². The fourth-order valence-electron chi connectivity index (χ4n) is 5.29. The number of ketones is 1. The second-order valence-electron chi connectivity index (χ2n) is 11.6. The number of hydrogen-bond donors (Lipinski definition) is 1. The zero-order valence-corrected chi connectivity index (χ0v) is 25.1. The molecule has 1 N–H and O–H groups in total. The minimum Gasteiger partial charge on any atom is -0.507 e. The van der Waals surface area contributed by atoms with Gasteiger partial charge in [0.2, 0.25) is 0 Å². The molecule has 3 aromatic carbocycles. The molecule has 6 heteroatoms. The highest BCUT2D eigenvalue weighted by atomic mass is 16.5. The van der Waals surface area contributed by atoms with Crippen molar-refractivity contribution >= 4 is 17.4 Å². The third-order valence-electron chi connectivity index (χ3n) is 7.89. The summed E-state index contributed by atoms with van der Waals surface area (Å²) >= 11 is 0. The second kappa shape index (κ2) is 12.7. The summed E-state index contributed by atoms with van der Waals surface area (Å²) in [5.41, 5.74) is 4.37. The smallest absolute Gasteiger partial charge is 0.295 e. The van der Waals surface area contributed by atoms with Crippen LogP contribution < -0.4 is 4.74 Å². The zero-order valence-electron chi connectivity index (χ0n) is 25.1. The van der Waals surface area contributed by atoms with Gasteiger partial charge in [-0.15, -0.1) is 0 Å². The molecule has 0 spiro atoms. The third-order valence-corrected chi connectivity index (χ3v) is 7.89.